The topological polar surface area (TPSA) is 67.3 Å². The molecule has 5 nitrogen and oxygen atoms in total. The fourth-order valence-electron chi connectivity index (χ4n) is 2.00. The number of ketones is 1. The van der Waals surface area contributed by atoms with Gasteiger partial charge in [-0.1, -0.05) is 0 Å². The van der Waals surface area contributed by atoms with Crippen LogP contribution in [0.3, 0.4) is 0 Å². The summed E-state index contributed by atoms with van der Waals surface area (Å²) < 4.78 is 23.6. The van der Waals surface area contributed by atoms with E-state index in [-0.39, 0.29) is 5.78 Å². The van der Waals surface area contributed by atoms with Gasteiger partial charge >= 0.3 is 0 Å². The summed E-state index contributed by atoms with van der Waals surface area (Å²) in [6, 6.07) is 3.40. The Bertz CT molecular complexity index is 569. The van der Waals surface area contributed by atoms with E-state index in [4.69, 9.17) is 0 Å². The Hall–Kier alpha value is -1.08. The van der Waals surface area contributed by atoms with E-state index in [0.29, 0.717) is 18.0 Å². The zero-order chi connectivity index (χ0) is 14.0. The largest absolute Gasteiger partial charge is 0.352 e. The minimum absolute atomic E-state index is 0.0968. The summed E-state index contributed by atoms with van der Waals surface area (Å²) in [5.74, 6) is 1.36. The van der Waals surface area contributed by atoms with Crippen molar-refractivity contribution < 1.29 is 13.2 Å². The molecule has 1 aromatic heterocycles. The second kappa shape index (κ2) is 5.50. The number of carbonyl (C=O) groups is 1. The first-order chi connectivity index (χ1) is 8.89. The Kier molecular flexibility index (Phi) is 4.15. The van der Waals surface area contributed by atoms with Crippen molar-refractivity contribution in [2.75, 3.05) is 29.2 Å². The first kappa shape index (κ1) is 14.3. The van der Waals surface area contributed by atoms with E-state index in [2.05, 4.69) is 4.98 Å². The molecule has 0 aromatic carbocycles. The van der Waals surface area contributed by atoms with E-state index in [0.717, 1.165) is 11.4 Å². The lowest BCUT2D eigenvalue weighted by Gasteiger charge is -2.35. The van der Waals surface area contributed by atoms with E-state index >= 15 is 0 Å². The number of nitrogens with zero attached hydrogens (tertiary/aromatic N) is 2. The molecule has 1 aliphatic rings. The van der Waals surface area contributed by atoms with Crippen molar-refractivity contribution in [2.45, 2.75) is 12.3 Å². The van der Waals surface area contributed by atoms with Crippen LogP contribution in [0.4, 0.5) is 5.69 Å². The lowest BCUT2D eigenvalue weighted by Crippen LogP contribution is -2.47. The van der Waals surface area contributed by atoms with Crippen molar-refractivity contribution in [3.05, 3.63) is 24.0 Å². The van der Waals surface area contributed by atoms with E-state index < -0.39 is 15.2 Å². The first-order valence-electron chi connectivity index (χ1n) is 5.90. The Labute approximate surface area is 117 Å². The molecule has 2 rings (SSSR count). The molecule has 1 saturated heterocycles. The van der Waals surface area contributed by atoms with Crippen molar-refractivity contribution in [1.82, 2.24) is 4.98 Å². The van der Waals surface area contributed by atoms with Crippen LogP contribution >= 0.6 is 11.8 Å². The molecule has 1 atom stereocenters. The van der Waals surface area contributed by atoms with Crippen LogP contribution in [0.2, 0.25) is 0 Å². The minimum Gasteiger partial charge on any atom is -0.352 e. The first-order valence-corrected chi connectivity index (χ1v) is 9.01. The SMILES string of the molecule is CC(=O)c1ccc(N2CCSCC2S(C)(=O)=O)cn1. The zero-order valence-corrected chi connectivity index (χ0v) is 12.5. The molecule has 1 fully saturated rings. The highest BCUT2D eigenvalue weighted by Gasteiger charge is 2.31. The van der Waals surface area contributed by atoms with E-state index in [1.165, 1.54) is 13.2 Å². The van der Waals surface area contributed by atoms with Crippen LogP contribution in [0.15, 0.2) is 18.3 Å². The maximum atomic E-state index is 11.8. The second-order valence-corrected chi connectivity index (χ2v) is 7.86. The van der Waals surface area contributed by atoms with Crippen molar-refractivity contribution in [3.63, 3.8) is 0 Å². The van der Waals surface area contributed by atoms with Crippen LogP contribution in [0.5, 0.6) is 0 Å². The number of Topliss-reactive ketones (excluding diaryl/α,β-unsaturated/α-hetero) is 1. The van der Waals surface area contributed by atoms with Crippen LogP contribution in [0.25, 0.3) is 0 Å². The summed E-state index contributed by atoms with van der Waals surface area (Å²) in [5.41, 5.74) is 1.15. The Morgan fingerprint density at radius 3 is 2.74 bits per heavy atom. The molecule has 1 aromatic rings. The Morgan fingerprint density at radius 1 is 1.47 bits per heavy atom. The fraction of sp³-hybridized carbons (Fsp3) is 0.500. The van der Waals surface area contributed by atoms with Gasteiger partial charge in [-0.15, -0.1) is 0 Å². The summed E-state index contributed by atoms with van der Waals surface area (Å²) in [6.45, 7) is 2.13. The van der Waals surface area contributed by atoms with Gasteiger partial charge in [0.1, 0.15) is 11.1 Å². The van der Waals surface area contributed by atoms with E-state index in [1.807, 2.05) is 4.90 Å². The Morgan fingerprint density at radius 2 is 2.21 bits per heavy atom. The summed E-state index contributed by atoms with van der Waals surface area (Å²) in [6.07, 6.45) is 2.83. The smallest absolute Gasteiger partial charge is 0.178 e. The maximum absolute atomic E-state index is 11.8. The average Bonchev–Trinajstić information content (AvgIpc) is 2.38. The minimum atomic E-state index is -3.14. The summed E-state index contributed by atoms with van der Waals surface area (Å²) in [4.78, 5) is 17.1. The standard InChI is InChI=1S/C12H16N2O3S2/c1-9(15)11-4-3-10(7-13-11)14-5-6-18-8-12(14)19(2,16)17/h3-4,7,12H,5-6,8H2,1-2H3. The number of thioether (sulfide) groups is 1. The molecule has 7 heteroatoms. The van der Waals surface area contributed by atoms with Gasteiger partial charge in [-0.2, -0.15) is 11.8 Å². The van der Waals surface area contributed by atoms with Gasteiger partial charge in [0.05, 0.1) is 11.9 Å². The molecular weight excluding hydrogens is 284 g/mol. The third kappa shape index (κ3) is 3.27. The fourth-order valence-corrected chi connectivity index (χ4v) is 4.84. The number of pyridine rings is 1. The predicted molar refractivity (Wildman–Crippen MR) is 77.5 cm³/mol. The molecule has 0 N–H and O–H groups in total. The second-order valence-electron chi connectivity index (χ2n) is 4.51. The molecule has 0 bridgehead atoms. The molecule has 0 spiro atoms. The van der Waals surface area contributed by atoms with Crippen molar-refractivity contribution >= 4 is 33.1 Å². The van der Waals surface area contributed by atoms with Crippen molar-refractivity contribution in [1.29, 1.82) is 0 Å². The lowest BCUT2D eigenvalue weighted by molar-refractivity contribution is 0.101. The average molecular weight is 300 g/mol. The summed E-state index contributed by atoms with van der Waals surface area (Å²) in [7, 11) is -3.14. The normalized spacial score (nSPS) is 20.3. The van der Waals surface area contributed by atoms with Crippen LogP contribution in [0.1, 0.15) is 17.4 Å². The zero-order valence-electron chi connectivity index (χ0n) is 10.9. The highest BCUT2D eigenvalue weighted by Crippen LogP contribution is 2.26. The van der Waals surface area contributed by atoms with Crippen LogP contribution in [-0.2, 0) is 9.84 Å². The van der Waals surface area contributed by atoms with Crippen LogP contribution in [-0.4, -0.2) is 48.9 Å². The highest BCUT2D eigenvalue weighted by atomic mass is 32.2. The molecule has 19 heavy (non-hydrogen) atoms. The molecular formula is C12H16N2O3S2. The molecule has 2 heterocycles. The quantitative estimate of drug-likeness (QED) is 0.782. The third-order valence-corrected chi connectivity index (χ3v) is 5.66. The van der Waals surface area contributed by atoms with Crippen LogP contribution < -0.4 is 4.90 Å². The van der Waals surface area contributed by atoms with Gasteiger partial charge in [-0.3, -0.25) is 9.78 Å². The molecule has 0 aliphatic carbocycles. The van der Waals surface area contributed by atoms with Gasteiger partial charge in [0.15, 0.2) is 15.6 Å². The number of sulfone groups is 1. The Balaban J connectivity index is 2.30. The van der Waals surface area contributed by atoms with E-state index in [9.17, 15) is 13.2 Å². The van der Waals surface area contributed by atoms with E-state index in [1.54, 1.807) is 30.1 Å². The number of aromatic nitrogens is 1. The molecule has 1 unspecified atom stereocenters. The number of hydrogen-bond donors (Lipinski definition) is 0. The number of carbonyl (C=O) groups excluding carboxylic acids is 1. The van der Waals surface area contributed by atoms with Gasteiger partial charge < -0.3 is 4.90 Å². The molecule has 0 radical (unpaired) electrons. The van der Waals surface area contributed by atoms with Gasteiger partial charge in [0.25, 0.3) is 0 Å². The van der Waals surface area contributed by atoms with Gasteiger partial charge in [0, 0.05) is 31.2 Å². The predicted octanol–water partition coefficient (Wildman–Crippen LogP) is 1.21. The third-order valence-electron chi connectivity index (χ3n) is 3.02. The van der Waals surface area contributed by atoms with Crippen molar-refractivity contribution in [2.24, 2.45) is 0 Å². The van der Waals surface area contributed by atoms with Gasteiger partial charge in [-0.05, 0) is 12.1 Å². The summed E-state index contributed by atoms with van der Waals surface area (Å²) in [5, 5.41) is -0.517. The van der Waals surface area contributed by atoms with Crippen LogP contribution in [0, 0.1) is 0 Å². The monoisotopic (exact) mass is 300 g/mol. The van der Waals surface area contributed by atoms with Crippen molar-refractivity contribution in [3.8, 4) is 0 Å². The highest BCUT2D eigenvalue weighted by molar-refractivity contribution is 8.01. The molecule has 0 amide bonds. The number of hydrogen-bond acceptors (Lipinski definition) is 6. The molecule has 1 aliphatic heterocycles. The molecule has 0 saturated carbocycles. The van der Waals surface area contributed by atoms with Gasteiger partial charge in [-0.25, -0.2) is 8.42 Å². The number of anilines is 1. The maximum Gasteiger partial charge on any atom is 0.178 e. The van der Waals surface area contributed by atoms with Gasteiger partial charge in [0.2, 0.25) is 0 Å². The molecule has 104 valence electrons. The summed E-state index contributed by atoms with van der Waals surface area (Å²) >= 11 is 1.64. The lowest BCUT2D eigenvalue weighted by atomic mass is 10.2. The number of rotatable bonds is 3.